The molecule has 0 amide bonds. The summed E-state index contributed by atoms with van der Waals surface area (Å²) in [5, 5.41) is 14.1. The fourth-order valence-electron chi connectivity index (χ4n) is 3.57. The van der Waals surface area contributed by atoms with Crippen LogP contribution in [0.15, 0.2) is 30.3 Å². The first kappa shape index (κ1) is 21.9. The van der Waals surface area contributed by atoms with Gasteiger partial charge in [-0.25, -0.2) is 19.9 Å². The van der Waals surface area contributed by atoms with E-state index in [-0.39, 0.29) is 17.3 Å². The van der Waals surface area contributed by atoms with Gasteiger partial charge in [0.25, 0.3) is 0 Å². The molecular formula is C21H22F3N7O. The number of para-hydroxylation sites is 2. The summed E-state index contributed by atoms with van der Waals surface area (Å²) < 4.78 is 43.8. The highest BCUT2D eigenvalue weighted by atomic mass is 19.4. The van der Waals surface area contributed by atoms with E-state index in [0.29, 0.717) is 12.2 Å². The predicted octanol–water partition coefficient (Wildman–Crippen LogP) is 3.67. The zero-order valence-electron chi connectivity index (χ0n) is 18.0. The van der Waals surface area contributed by atoms with E-state index in [4.69, 9.17) is 0 Å². The molecule has 0 saturated heterocycles. The minimum Gasteiger partial charge on any atom is -0.385 e. The third-order valence-electron chi connectivity index (χ3n) is 5.19. The lowest BCUT2D eigenvalue weighted by atomic mass is 10.0. The van der Waals surface area contributed by atoms with Gasteiger partial charge in [0.1, 0.15) is 17.8 Å². The molecule has 1 aromatic carbocycles. The standard InChI is InChI=1S/C21H22F3N7O/c1-11(9-17-26-14-7-5-6-8-16(14)30(17)4)15-10-18(28-20(27-15)21(22,23)24)31-19(12(2)32)25-13(3)29-31/h5-8,10-12,32H,9H2,1-4H3/t11-,12-/m0/s1. The molecule has 4 rings (SSSR count). The third kappa shape index (κ3) is 4.07. The van der Waals surface area contributed by atoms with Crippen LogP contribution in [-0.4, -0.2) is 39.4 Å². The summed E-state index contributed by atoms with van der Waals surface area (Å²) in [5.41, 5.74) is 1.95. The fourth-order valence-corrected chi connectivity index (χ4v) is 3.57. The van der Waals surface area contributed by atoms with Gasteiger partial charge < -0.3 is 9.67 Å². The summed E-state index contributed by atoms with van der Waals surface area (Å²) in [7, 11) is 1.87. The van der Waals surface area contributed by atoms with Crippen molar-refractivity contribution in [3.63, 3.8) is 0 Å². The fraction of sp³-hybridized carbons (Fsp3) is 0.381. The highest BCUT2D eigenvalue weighted by Gasteiger charge is 2.36. The van der Waals surface area contributed by atoms with Crippen molar-refractivity contribution in [3.8, 4) is 5.82 Å². The van der Waals surface area contributed by atoms with Crippen molar-refractivity contribution in [2.24, 2.45) is 7.05 Å². The smallest absolute Gasteiger partial charge is 0.385 e. The Labute approximate surface area is 181 Å². The molecule has 0 bridgehead atoms. The molecule has 11 heteroatoms. The van der Waals surface area contributed by atoms with Crippen molar-refractivity contribution >= 4 is 11.0 Å². The van der Waals surface area contributed by atoms with Crippen LogP contribution in [0.1, 0.15) is 54.9 Å². The second-order valence-corrected chi connectivity index (χ2v) is 7.76. The second-order valence-electron chi connectivity index (χ2n) is 7.76. The highest BCUT2D eigenvalue weighted by molar-refractivity contribution is 5.75. The molecule has 168 valence electrons. The second kappa shape index (κ2) is 7.97. The maximum Gasteiger partial charge on any atom is 0.451 e. The predicted molar refractivity (Wildman–Crippen MR) is 110 cm³/mol. The lowest BCUT2D eigenvalue weighted by molar-refractivity contribution is -0.145. The molecule has 8 nitrogen and oxygen atoms in total. The number of hydrogen-bond donors (Lipinski definition) is 1. The van der Waals surface area contributed by atoms with Crippen LogP contribution in [0.4, 0.5) is 13.2 Å². The number of aromatic nitrogens is 7. The number of benzene rings is 1. The van der Waals surface area contributed by atoms with E-state index in [1.807, 2.05) is 35.9 Å². The normalized spacial score (nSPS) is 14.1. The molecule has 0 fully saturated rings. The van der Waals surface area contributed by atoms with E-state index in [2.05, 4.69) is 25.0 Å². The van der Waals surface area contributed by atoms with Gasteiger partial charge in [0.15, 0.2) is 11.6 Å². The van der Waals surface area contributed by atoms with E-state index in [1.54, 1.807) is 13.8 Å². The highest BCUT2D eigenvalue weighted by Crippen LogP contribution is 2.30. The van der Waals surface area contributed by atoms with Gasteiger partial charge in [-0.05, 0) is 26.0 Å². The summed E-state index contributed by atoms with van der Waals surface area (Å²) in [6.07, 6.45) is -5.41. The Bertz CT molecular complexity index is 1280. The largest absolute Gasteiger partial charge is 0.451 e. The topological polar surface area (TPSA) is 94.5 Å². The summed E-state index contributed by atoms with van der Waals surface area (Å²) in [4.78, 5) is 16.2. The van der Waals surface area contributed by atoms with Crippen LogP contribution in [0.5, 0.6) is 0 Å². The number of fused-ring (bicyclic) bond motifs is 1. The number of halogens is 3. The van der Waals surface area contributed by atoms with E-state index in [1.165, 1.54) is 13.0 Å². The van der Waals surface area contributed by atoms with Crippen molar-refractivity contribution in [3.05, 3.63) is 59.3 Å². The van der Waals surface area contributed by atoms with E-state index in [0.717, 1.165) is 21.5 Å². The monoisotopic (exact) mass is 445 g/mol. The molecule has 0 aliphatic heterocycles. The van der Waals surface area contributed by atoms with Crippen LogP contribution in [0.2, 0.25) is 0 Å². The quantitative estimate of drug-likeness (QED) is 0.504. The summed E-state index contributed by atoms with van der Waals surface area (Å²) in [6, 6.07) is 9.06. The molecule has 0 aliphatic rings. The average Bonchev–Trinajstić information content (AvgIpc) is 3.28. The number of aliphatic hydroxyl groups is 1. The van der Waals surface area contributed by atoms with Crippen LogP contribution in [-0.2, 0) is 19.6 Å². The van der Waals surface area contributed by atoms with Gasteiger partial charge in [0.2, 0.25) is 5.82 Å². The number of alkyl halides is 3. The van der Waals surface area contributed by atoms with Gasteiger partial charge in [0.05, 0.1) is 11.0 Å². The number of hydrogen-bond acceptors (Lipinski definition) is 6. The van der Waals surface area contributed by atoms with Gasteiger partial charge in [-0.15, -0.1) is 5.10 Å². The third-order valence-corrected chi connectivity index (χ3v) is 5.19. The number of imidazole rings is 1. The Kier molecular flexibility index (Phi) is 5.45. The number of aryl methyl sites for hydroxylation is 2. The van der Waals surface area contributed by atoms with Crippen LogP contribution < -0.4 is 0 Å². The van der Waals surface area contributed by atoms with E-state index >= 15 is 0 Å². The van der Waals surface area contributed by atoms with Crippen molar-refractivity contribution < 1.29 is 18.3 Å². The van der Waals surface area contributed by atoms with Crippen molar-refractivity contribution in [1.29, 1.82) is 0 Å². The first-order valence-corrected chi connectivity index (χ1v) is 10.0. The SMILES string of the molecule is Cc1nc([C@H](C)O)n(-c2cc([C@@H](C)Cc3nc4ccccc4n3C)nc(C(F)(F)F)n2)n1. The Morgan fingerprint density at radius 2 is 1.78 bits per heavy atom. The van der Waals surface area contributed by atoms with Gasteiger partial charge in [-0.1, -0.05) is 19.1 Å². The Morgan fingerprint density at radius 1 is 1.06 bits per heavy atom. The van der Waals surface area contributed by atoms with Crippen molar-refractivity contribution in [1.82, 2.24) is 34.3 Å². The minimum absolute atomic E-state index is 0.100. The van der Waals surface area contributed by atoms with Crippen LogP contribution in [0.25, 0.3) is 16.9 Å². The van der Waals surface area contributed by atoms with Gasteiger partial charge in [0, 0.05) is 31.1 Å². The first-order chi connectivity index (χ1) is 15.0. The molecule has 0 unspecified atom stereocenters. The van der Waals surface area contributed by atoms with Crippen LogP contribution in [0, 0.1) is 6.92 Å². The molecule has 3 aromatic heterocycles. The lowest BCUT2D eigenvalue weighted by Gasteiger charge is -2.16. The molecule has 1 N–H and O–H groups in total. The van der Waals surface area contributed by atoms with E-state index in [9.17, 15) is 18.3 Å². The Balaban J connectivity index is 1.78. The number of rotatable bonds is 5. The summed E-state index contributed by atoms with van der Waals surface area (Å²) in [6.45, 7) is 4.83. The maximum atomic E-state index is 13.6. The molecule has 4 aromatic rings. The summed E-state index contributed by atoms with van der Waals surface area (Å²) in [5.74, 6) is -0.630. The zero-order valence-corrected chi connectivity index (χ0v) is 18.0. The molecule has 3 heterocycles. The average molecular weight is 445 g/mol. The zero-order chi connectivity index (χ0) is 23.2. The number of aliphatic hydroxyl groups excluding tert-OH is 1. The molecule has 0 spiro atoms. The molecule has 0 aliphatic carbocycles. The molecular weight excluding hydrogens is 423 g/mol. The van der Waals surface area contributed by atoms with Crippen LogP contribution in [0.3, 0.4) is 0 Å². The molecule has 0 saturated carbocycles. The minimum atomic E-state index is -4.75. The molecule has 32 heavy (non-hydrogen) atoms. The van der Waals surface area contributed by atoms with Gasteiger partial charge >= 0.3 is 6.18 Å². The molecule has 0 radical (unpaired) electrons. The maximum absolute atomic E-state index is 13.6. The summed E-state index contributed by atoms with van der Waals surface area (Å²) >= 11 is 0. The number of nitrogens with zero attached hydrogens (tertiary/aromatic N) is 7. The van der Waals surface area contributed by atoms with E-state index < -0.39 is 24.0 Å². The molecule has 2 atom stereocenters. The lowest BCUT2D eigenvalue weighted by Crippen LogP contribution is -2.18. The van der Waals surface area contributed by atoms with Crippen molar-refractivity contribution in [2.45, 2.75) is 45.4 Å². The van der Waals surface area contributed by atoms with Gasteiger partial charge in [-0.2, -0.15) is 17.9 Å². The Hall–Kier alpha value is -3.34. The van der Waals surface area contributed by atoms with Crippen LogP contribution >= 0.6 is 0 Å². The Morgan fingerprint density at radius 3 is 2.44 bits per heavy atom. The van der Waals surface area contributed by atoms with Crippen molar-refractivity contribution in [2.75, 3.05) is 0 Å². The van der Waals surface area contributed by atoms with Gasteiger partial charge in [-0.3, -0.25) is 0 Å². The first-order valence-electron chi connectivity index (χ1n) is 10.0.